The normalized spacial score (nSPS) is 18.8. The van der Waals surface area contributed by atoms with Crippen molar-refractivity contribution >= 4 is 23.5 Å². The SMILES string of the molecule is C1CSCCS1.CC. The van der Waals surface area contributed by atoms with Gasteiger partial charge in [0.25, 0.3) is 0 Å². The smallest absolute Gasteiger partial charge is 0.00238 e. The highest BCUT2D eigenvalue weighted by Crippen LogP contribution is 2.14. The van der Waals surface area contributed by atoms with Crippen LogP contribution in [0.5, 0.6) is 0 Å². The van der Waals surface area contributed by atoms with E-state index in [2.05, 4.69) is 23.5 Å². The van der Waals surface area contributed by atoms with Gasteiger partial charge in [0, 0.05) is 23.0 Å². The first-order chi connectivity index (χ1) is 4.00. The van der Waals surface area contributed by atoms with Crippen LogP contribution in [0.4, 0.5) is 0 Å². The van der Waals surface area contributed by atoms with Gasteiger partial charge in [-0.2, -0.15) is 23.5 Å². The second-order valence-corrected chi connectivity index (χ2v) is 3.67. The molecule has 2 heteroatoms. The van der Waals surface area contributed by atoms with Crippen LogP contribution >= 0.6 is 23.5 Å². The lowest BCUT2D eigenvalue weighted by molar-refractivity contribution is 1.43. The predicted octanol–water partition coefficient (Wildman–Crippen LogP) is 2.49. The highest BCUT2D eigenvalue weighted by molar-refractivity contribution is 8.06. The summed E-state index contributed by atoms with van der Waals surface area (Å²) in [5.74, 6) is 5.52. The maximum absolute atomic E-state index is 2.07. The Hall–Kier alpha value is 0.700. The molecule has 0 bridgehead atoms. The number of hydrogen-bond donors (Lipinski definition) is 0. The molecule has 0 atom stereocenters. The molecule has 0 nitrogen and oxygen atoms in total. The second-order valence-electron chi connectivity index (χ2n) is 1.22. The number of rotatable bonds is 0. The summed E-state index contributed by atoms with van der Waals surface area (Å²) in [6, 6.07) is 0. The Balaban J connectivity index is 0.000000222. The third-order valence-electron chi connectivity index (χ3n) is 0.744. The van der Waals surface area contributed by atoms with Crippen LogP contribution < -0.4 is 0 Å². The van der Waals surface area contributed by atoms with Gasteiger partial charge in [-0.1, -0.05) is 13.8 Å². The Kier molecular flexibility index (Phi) is 8.37. The molecule has 1 aliphatic heterocycles. The van der Waals surface area contributed by atoms with Crippen LogP contribution in [0.25, 0.3) is 0 Å². The molecule has 1 saturated heterocycles. The largest absolute Gasteiger partial charge is 0.160 e. The van der Waals surface area contributed by atoms with Gasteiger partial charge in [-0.3, -0.25) is 0 Å². The Morgan fingerprint density at radius 2 is 1.00 bits per heavy atom. The summed E-state index contributed by atoms with van der Waals surface area (Å²) in [6.07, 6.45) is 0. The molecule has 0 saturated carbocycles. The van der Waals surface area contributed by atoms with E-state index in [0.29, 0.717) is 0 Å². The molecule has 50 valence electrons. The van der Waals surface area contributed by atoms with Crippen molar-refractivity contribution in [3.8, 4) is 0 Å². The van der Waals surface area contributed by atoms with E-state index < -0.39 is 0 Å². The van der Waals surface area contributed by atoms with Gasteiger partial charge in [-0.15, -0.1) is 0 Å². The van der Waals surface area contributed by atoms with Crippen molar-refractivity contribution in [2.75, 3.05) is 23.0 Å². The van der Waals surface area contributed by atoms with Crippen molar-refractivity contribution in [1.82, 2.24) is 0 Å². The first-order valence-corrected chi connectivity index (χ1v) is 5.46. The Morgan fingerprint density at radius 3 is 1.12 bits per heavy atom. The van der Waals surface area contributed by atoms with Crippen LogP contribution in [0.1, 0.15) is 13.8 Å². The van der Waals surface area contributed by atoms with Crippen LogP contribution in [0.15, 0.2) is 0 Å². The molecule has 0 unspecified atom stereocenters. The Labute approximate surface area is 60.8 Å². The lowest BCUT2D eigenvalue weighted by atomic mass is 10.9. The number of hydrogen-bond acceptors (Lipinski definition) is 2. The zero-order valence-electron chi connectivity index (χ0n) is 5.64. The quantitative estimate of drug-likeness (QED) is 0.520. The lowest BCUT2D eigenvalue weighted by Crippen LogP contribution is -1.97. The van der Waals surface area contributed by atoms with Gasteiger partial charge in [-0.25, -0.2) is 0 Å². The van der Waals surface area contributed by atoms with Crippen molar-refractivity contribution in [3.63, 3.8) is 0 Å². The van der Waals surface area contributed by atoms with Crippen molar-refractivity contribution in [1.29, 1.82) is 0 Å². The molecule has 1 rings (SSSR count). The molecular weight excluding hydrogens is 136 g/mol. The van der Waals surface area contributed by atoms with E-state index in [0.717, 1.165) is 0 Å². The molecule has 0 N–H and O–H groups in total. The Bertz CT molecular complexity index is 22.0. The first kappa shape index (κ1) is 8.70. The van der Waals surface area contributed by atoms with Crippen LogP contribution in [0.3, 0.4) is 0 Å². The summed E-state index contributed by atoms with van der Waals surface area (Å²) in [5.41, 5.74) is 0. The van der Waals surface area contributed by atoms with Crippen LogP contribution in [-0.2, 0) is 0 Å². The molecule has 0 radical (unpaired) electrons. The minimum absolute atomic E-state index is 1.38. The third kappa shape index (κ3) is 4.85. The van der Waals surface area contributed by atoms with Gasteiger partial charge < -0.3 is 0 Å². The Morgan fingerprint density at radius 1 is 0.750 bits per heavy atom. The van der Waals surface area contributed by atoms with Crippen molar-refractivity contribution < 1.29 is 0 Å². The molecule has 0 aromatic rings. The number of thioether (sulfide) groups is 2. The lowest BCUT2D eigenvalue weighted by Gasteiger charge is -2.05. The monoisotopic (exact) mass is 150 g/mol. The van der Waals surface area contributed by atoms with Gasteiger partial charge >= 0.3 is 0 Å². The molecule has 1 aliphatic rings. The predicted molar refractivity (Wildman–Crippen MR) is 46.0 cm³/mol. The van der Waals surface area contributed by atoms with Gasteiger partial charge in [-0.05, 0) is 0 Å². The maximum atomic E-state index is 2.07. The average Bonchev–Trinajstić information content (AvgIpc) is 1.96. The summed E-state index contributed by atoms with van der Waals surface area (Å²) >= 11 is 4.15. The van der Waals surface area contributed by atoms with E-state index in [1.807, 2.05) is 13.8 Å². The minimum Gasteiger partial charge on any atom is -0.160 e. The van der Waals surface area contributed by atoms with Crippen LogP contribution in [0.2, 0.25) is 0 Å². The van der Waals surface area contributed by atoms with Gasteiger partial charge in [0.15, 0.2) is 0 Å². The molecule has 0 aliphatic carbocycles. The summed E-state index contributed by atoms with van der Waals surface area (Å²) in [5, 5.41) is 0. The van der Waals surface area contributed by atoms with Gasteiger partial charge in [0.2, 0.25) is 0 Å². The van der Waals surface area contributed by atoms with E-state index in [4.69, 9.17) is 0 Å². The second kappa shape index (κ2) is 7.70. The van der Waals surface area contributed by atoms with Crippen LogP contribution in [0, 0.1) is 0 Å². The zero-order valence-corrected chi connectivity index (χ0v) is 7.28. The standard InChI is InChI=1S/C4H8S2.C2H6/c1-2-6-4-3-5-1;1-2/h1-4H2;1-2H3. The summed E-state index contributed by atoms with van der Waals surface area (Å²) in [6.45, 7) is 4.00. The van der Waals surface area contributed by atoms with Gasteiger partial charge in [0.05, 0.1) is 0 Å². The van der Waals surface area contributed by atoms with E-state index in [9.17, 15) is 0 Å². The van der Waals surface area contributed by atoms with E-state index >= 15 is 0 Å². The van der Waals surface area contributed by atoms with Crippen molar-refractivity contribution in [2.24, 2.45) is 0 Å². The molecule has 0 amide bonds. The van der Waals surface area contributed by atoms with Gasteiger partial charge in [0.1, 0.15) is 0 Å². The summed E-state index contributed by atoms with van der Waals surface area (Å²) < 4.78 is 0. The van der Waals surface area contributed by atoms with Crippen LogP contribution in [-0.4, -0.2) is 23.0 Å². The van der Waals surface area contributed by atoms with Crippen molar-refractivity contribution in [3.05, 3.63) is 0 Å². The molecule has 1 fully saturated rings. The van der Waals surface area contributed by atoms with E-state index in [-0.39, 0.29) is 0 Å². The highest BCUT2D eigenvalue weighted by atomic mass is 32.2. The third-order valence-corrected chi connectivity index (χ3v) is 3.23. The maximum Gasteiger partial charge on any atom is 0.00238 e. The summed E-state index contributed by atoms with van der Waals surface area (Å²) in [7, 11) is 0. The van der Waals surface area contributed by atoms with E-state index in [1.165, 1.54) is 23.0 Å². The molecule has 0 aromatic heterocycles. The fraction of sp³-hybridized carbons (Fsp3) is 1.00. The fourth-order valence-corrected chi connectivity index (χ4v) is 2.73. The average molecular weight is 150 g/mol. The van der Waals surface area contributed by atoms with E-state index in [1.54, 1.807) is 0 Å². The molecular formula is C6H14S2. The molecule has 1 heterocycles. The molecule has 0 spiro atoms. The fourth-order valence-electron chi connectivity index (χ4n) is 0.440. The topological polar surface area (TPSA) is 0 Å². The molecule has 8 heavy (non-hydrogen) atoms. The van der Waals surface area contributed by atoms with Crippen molar-refractivity contribution in [2.45, 2.75) is 13.8 Å². The first-order valence-electron chi connectivity index (χ1n) is 3.15. The summed E-state index contributed by atoms with van der Waals surface area (Å²) in [4.78, 5) is 0. The molecule has 0 aromatic carbocycles. The highest BCUT2D eigenvalue weighted by Gasteiger charge is 1.95. The zero-order chi connectivity index (χ0) is 6.24. The minimum atomic E-state index is 1.38.